The van der Waals surface area contributed by atoms with Crippen LogP contribution in [0.2, 0.25) is 0 Å². The molecule has 0 radical (unpaired) electrons. The van der Waals surface area contributed by atoms with E-state index in [-0.39, 0.29) is 26.7 Å². The van der Waals surface area contributed by atoms with Crippen molar-refractivity contribution < 1.29 is 22.4 Å². The van der Waals surface area contributed by atoms with Gasteiger partial charge in [0, 0.05) is 5.56 Å². The van der Waals surface area contributed by atoms with Crippen LogP contribution in [0, 0.1) is 5.41 Å². The third-order valence-corrected chi connectivity index (χ3v) is 3.54. The van der Waals surface area contributed by atoms with E-state index in [0.717, 1.165) is 12.1 Å². The van der Waals surface area contributed by atoms with Gasteiger partial charge in [0.05, 0.1) is 4.16 Å². The molecule has 5 nitrogen and oxygen atoms in total. The van der Waals surface area contributed by atoms with Crippen molar-refractivity contribution in [3.05, 3.63) is 30.2 Å². The highest BCUT2D eigenvalue weighted by Crippen LogP contribution is 2.26. The molecule has 1 N–H and O–H groups in total. The maximum atomic E-state index is 12.1. The molecule has 0 bridgehead atoms. The van der Waals surface area contributed by atoms with E-state index >= 15 is 0 Å². The Bertz CT molecular complexity index is 658. The molecule has 2 rings (SSSR count). The van der Waals surface area contributed by atoms with Gasteiger partial charge in [0.25, 0.3) is 5.89 Å². The fourth-order valence-electron chi connectivity index (χ4n) is 1.45. The van der Waals surface area contributed by atoms with E-state index < -0.39 is 6.36 Å². The Balaban J connectivity index is 2.12. The van der Waals surface area contributed by atoms with E-state index in [2.05, 4.69) is 30.8 Å². The monoisotopic (exact) mass is 395 g/mol. The number of aromatic nitrogens is 2. The SMILES string of the molecule is CC(Br)SC(=N)c1nc(-c2ccc(OC(F)(F)F)cc2)no1. The first-order valence-electron chi connectivity index (χ1n) is 5.84. The average molecular weight is 396 g/mol. The number of hydrogen-bond acceptors (Lipinski definition) is 6. The minimum Gasteiger partial charge on any atom is -0.406 e. The Morgan fingerprint density at radius 3 is 2.55 bits per heavy atom. The van der Waals surface area contributed by atoms with Crippen LogP contribution in [-0.4, -0.2) is 25.7 Å². The van der Waals surface area contributed by atoms with E-state index in [1.54, 1.807) is 0 Å². The lowest BCUT2D eigenvalue weighted by Crippen LogP contribution is -2.16. The molecule has 0 aliphatic carbocycles. The first-order chi connectivity index (χ1) is 10.2. The summed E-state index contributed by atoms with van der Waals surface area (Å²) in [5, 5.41) is 11.6. The van der Waals surface area contributed by atoms with Gasteiger partial charge in [0.15, 0.2) is 5.04 Å². The summed E-state index contributed by atoms with van der Waals surface area (Å²) in [4.78, 5) is 4.03. The lowest BCUT2D eigenvalue weighted by molar-refractivity contribution is -0.274. The molecule has 0 aliphatic rings. The van der Waals surface area contributed by atoms with Gasteiger partial charge in [-0.1, -0.05) is 32.8 Å². The summed E-state index contributed by atoms with van der Waals surface area (Å²) in [5.41, 5.74) is 0.453. The second-order valence-electron chi connectivity index (χ2n) is 3.99. The van der Waals surface area contributed by atoms with Crippen molar-refractivity contribution in [1.82, 2.24) is 10.1 Å². The molecule has 0 fully saturated rings. The molecule has 0 amide bonds. The number of nitrogens with zero attached hydrogens (tertiary/aromatic N) is 2. The van der Waals surface area contributed by atoms with Gasteiger partial charge in [0.2, 0.25) is 5.82 Å². The largest absolute Gasteiger partial charge is 0.573 e. The van der Waals surface area contributed by atoms with Crippen molar-refractivity contribution >= 4 is 32.7 Å². The first-order valence-corrected chi connectivity index (χ1v) is 7.63. The maximum Gasteiger partial charge on any atom is 0.573 e. The molecule has 1 aromatic heterocycles. The molecule has 1 aromatic carbocycles. The quantitative estimate of drug-likeness (QED) is 0.470. The molecule has 2 aromatic rings. The predicted molar refractivity (Wildman–Crippen MR) is 79.2 cm³/mol. The van der Waals surface area contributed by atoms with Crippen LogP contribution in [0.3, 0.4) is 0 Å². The van der Waals surface area contributed by atoms with Crippen LogP contribution in [-0.2, 0) is 0 Å². The number of ether oxygens (including phenoxy) is 1. The fourth-order valence-corrected chi connectivity index (χ4v) is 2.52. The highest BCUT2D eigenvalue weighted by molar-refractivity contribution is 9.11. The summed E-state index contributed by atoms with van der Waals surface area (Å²) in [7, 11) is 0. The van der Waals surface area contributed by atoms with Gasteiger partial charge in [-0.3, -0.25) is 5.41 Å². The summed E-state index contributed by atoms with van der Waals surface area (Å²) in [6.45, 7) is 1.84. The second-order valence-corrected chi connectivity index (χ2v) is 7.32. The Hall–Kier alpha value is -1.55. The van der Waals surface area contributed by atoms with Crippen LogP contribution in [0.25, 0.3) is 11.4 Å². The topological polar surface area (TPSA) is 72.0 Å². The number of thioether (sulfide) groups is 1. The van der Waals surface area contributed by atoms with Gasteiger partial charge in [-0.05, 0) is 31.2 Å². The average Bonchev–Trinajstić information content (AvgIpc) is 2.86. The minimum atomic E-state index is -4.74. The summed E-state index contributed by atoms with van der Waals surface area (Å²) in [5.74, 6) is -0.112. The van der Waals surface area contributed by atoms with Crippen molar-refractivity contribution in [2.75, 3.05) is 0 Å². The van der Waals surface area contributed by atoms with E-state index in [4.69, 9.17) is 9.93 Å². The number of rotatable bonds is 4. The lowest BCUT2D eigenvalue weighted by atomic mass is 10.2. The summed E-state index contributed by atoms with van der Waals surface area (Å²) >= 11 is 4.47. The fraction of sp³-hybridized carbons (Fsp3) is 0.250. The van der Waals surface area contributed by atoms with E-state index in [1.807, 2.05) is 6.92 Å². The number of benzene rings is 1. The molecule has 10 heteroatoms. The molecule has 1 unspecified atom stereocenters. The predicted octanol–water partition coefficient (Wildman–Crippen LogP) is 4.43. The molecule has 0 saturated carbocycles. The number of halogens is 4. The number of alkyl halides is 4. The molecular formula is C12H9BrF3N3O2S. The van der Waals surface area contributed by atoms with Gasteiger partial charge >= 0.3 is 6.36 Å². The summed E-state index contributed by atoms with van der Waals surface area (Å²) < 4.78 is 44.9. The van der Waals surface area contributed by atoms with Crippen LogP contribution in [0.1, 0.15) is 12.8 Å². The standard InChI is InChI=1S/C12H9BrF3N3O2S/c1-6(13)22-9(17)11-18-10(19-21-11)7-2-4-8(5-3-7)20-12(14,15)16/h2-6,17H,1H3. The van der Waals surface area contributed by atoms with Gasteiger partial charge < -0.3 is 9.26 Å². The zero-order chi connectivity index (χ0) is 16.3. The molecular weight excluding hydrogens is 387 g/mol. The van der Waals surface area contributed by atoms with E-state index in [1.165, 1.54) is 23.9 Å². The van der Waals surface area contributed by atoms with Crippen molar-refractivity contribution in [2.24, 2.45) is 0 Å². The van der Waals surface area contributed by atoms with Gasteiger partial charge in [-0.25, -0.2) is 0 Å². The van der Waals surface area contributed by atoms with Crippen LogP contribution in [0.4, 0.5) is 13.2 Å². The normalized spacial score (nSPS) is 13.0. The molecule has 1 heterocycles. The highest BCUT2D eigenvalue weighted by atomic mass is 79.9. The molecule has 118 valence electrons. The summed E-state index contributed by atoms with van der Waals surface area (Å²) in [6.07, 6.45) is -4.74. The Morgan fingerprint density at radius 2 is 2.00 bits per heavy atom. The molecule has 1 atom stereocenters. The van der Waals surface area contributed by atoms with Crippen LogP contribution >= 0.6 is 27.7 Å². The lowest BCUT2D eigenvalue weighted by Gasteiger charge is -2.08. The zero-order valence-corrected chi connectivity index (χ0v) is 13.4. The Morgan fingerprint density at radius 1 is 1.36 bits per heavy atom. The third kappa shape index (κ3) is 4.73. The second kappa shape index (κ2) is 6.69. The number of hydrogen-bond donors (Lipinski definition) is 1. The van der Waals surface area contributed by atoms with Crippen molar-refractivity contribution in [3.63, 3.8) is 0 Å². The summed E-state index contributed by atoms with van der Waals surface area (Å²) in [6, 6.07) is 5.05. The van der Waals surface area contributed by atoms with Gasteiger partial charge in [-0.2, -0.15) is 4.98 Å². The smallest absolute Gasteiger partial charge is 0.406 e. The van der Waals surface area contributed by atoms with Gasteiger partial charge in [-0.15, -0.1) is 13.2 Å². The molecule has 22 heavy (non-hydrogen) atoms. The van der Waals surface area contributed by atoms with E-state index in [9.17, 15) is 13.2 Å². The zero-order valence-electron chi connectivity index (χ0n) is 11.0. The van der Waals surface area contributed by atoms with Gasteiger partial charge in [0.1, 0.15) is 5.75 Å². The molecule has 0 saturated heterocycles. The van der Waals surface area contributed by atoms with Crippen LogP contribution in [0.15, 0.2) is 28.8 Å². The van der Waals surface area contributed by atoms with E-state index in [0.29, 0.717) is 5.56 Å². The number of nitrogens with one attached hydrogen (secondary N) is 1. The third-order valence-electron chi connectivity index (χ3n) is 2.25. The van der Waals surface area contributed by atoms with Crippen molar-refractivity contribution in [3.8, 4) is 17.1 Å². The Kier molecular flexibility index (Phi) is 5.12. The van der Waals surface area contributed by atoms with Crippen LogP contribution in [0.5, 0.6) is 5.75 Å². The first kappa shape index (κ1) is 16.8. The maximum absolute atomic E-state index is 12.1. The van der Waals surface area contributed by atoms with Crippen LogP contribution < -0.4 is 4.74 Å². The highest BCUT2D eigenvalue weighted by Gasteiger charge is 2.31. The van der Waals surface area contributed by atoms with Crippen molar-refractivity contribution in [1.29, 1.82) is 5.41 Å². The molecule has 0 aliphatic heterocycles. The van der Waals surface area contributed by atoms with Crippen molar-refractivity contribution in [2.45, 2.75) is 17.4 Å². The molecule has 0 spiro atoms. The Labute approximate surface area is 135 Å². The minimum absolute atomic E-state index is 0.00847.